The van der Waals surface area contributed by atoms with Gasteiger partial charge in [-0.2, -0.15) is 0 Å². The van der Waals surface area contributed by atoms with Gasteiger partial charge in [-0.1, -0.05) is 37.3 Å². The molecule has 2 saturated heterocycles. The van der Waals surface area contributed by atoms with Gasteiger partial charge in [0.1, 0.15) is 11.6 Å². The molecule has 3 fully saturated rings. The van der Waals surface area contributed by atoms with Crippen LogP contribution in [0.25, 0.3) is 0 Å². The number of amides is 1. The van der Waals surface area contributed by atoms with E-state index in [2.05, 4.69) is 41.4 Å². The van der Waals surface area contributed by atoms with Crippen LogP contribution in [0.15, 0.2) is 54.6 Å². The van der Waals surface area contributed by atoms with Crippen molar-refractivity contribution in [1.29, 1.82) is 0 Å². The van der Waals surface area contributed by atoms with Gasteiger partial charge < -0.3 is 15.0 Å². The molecule has 5 atom stereocenters. The minimum atomic E-state index is -0.309. The first-order valence-corrected chi connectivity index (χ1v) is 11.0. The Kier molecular flexibility index (Phi) is 5.02. The summed E-state index contributed by atoms with van der Waals surface area (Å²) in [5, 5.41) is 3.88. The number of fused-ring (bicyclic) bond motifs is 1. The SMILES string of the molecule is C[C@]12C[C@@H]3N[C@H]1CCC[C@H]2N(C(=O)COc1ccc(F)cc1)[C@@H]3Cc1ccccc1. The van der Waals surface area contributed by atoms with Crippen LogP contribution in [-0.4, -0.2) is 41.6 Å². The Balaban J connectivity index is 1.41. The summed E-state index contributed by atoms with van der Waals surface area (Å²) < 4.78 is 18.9. The van der Waals surface area contributed by atoms with Crippen molar-refractivity contribution in [3.05, 3.63) is 66.0 Å². The molecule has 158 valence electrons. The van der Waals surface area contributed by atoms with Crippen LogP contribution in [0.5, 0.6) is 5.75 Å². The minimum absolute atomic E-state index is 0.0130. The molecule has 4 nitrogen and oxygen atoms in total. The van der Waals surface area contributed by atoms with Crippen molar-refractivity contribution in [2.24, 2.45) is 5.41 Å². The van der Waals surface area contributed by atoms with Gasteiger partial charge in [-0.15, -0.1) is 0 Å². The zero-order chi connectivity index (χ0) is 20.7. The standard InChI is InChI=1S/C25H29FN2O2/c1-25-15-20-21(14-17-6-3-2-4-7-17)28(23(25)9-5-8-22(25)27-20)24(29)16-30-19-12-10-18(26)11-13-19/h2-4,6-7,10-13,20-23,27H,5,8-9,14-16H2,1H3/t20-,21+,22-,23+,25-/m0/s1. The highest BCUT2D eigenvalue weighted by Crippen LogP contribution is 2.52. The van der Waals surface area contributed by atoms with Crippen molar-refractivity contribution in [2.75, 3.05) is 6.61 Å². The molecule has 2 heterocycles. The number of hydrogen-bond acceptors (Lipinski definition) is 3. The van der Waals surface area contributed by atoms with Gasteiger partial charge in [0, 0.05) is 23.5 Å². The number of carbonyl (C=O) groups is 1. The van der Waals surface area contributed by atoms with Crippen LogP contribution in [0.2, 0.25) is 0 Å². The molecule has 5 rings (SSSR count). The summed E-state index contributed by atoms with van der Waals surface area (Å²) in [6.07, 6.45) is 5.36. The monoisotopic (exact) mass is 408 g/mol. The van der Waals surface area contributed by atoms with E-state index < -0.39 is 0 Å². The fourth-order valence-corrected chi connectivity index (χ4v) is 6.08. The van der Waals surface area contributed by atoms with Gasteiger partial charge in [-0.3, -0.25) is 4.79 Å². The third-order valence-corrected chi connectivity index (χ3v) is 7.51. The van der Waals surface area contributed by atoms with E-state index in [1.807, 2.05) is 6.07 Å². The third-order valence-electron chi connectivity index (χ3n) is 7.51. The van der Waals surface area contributed by atoms with E-state index in [1.165, 1.54) is 24.1 Å². The molecule has 0 aromatic heterocycles. The summed E-state index contributed by atoms with van der Waals surface area (Å²) in [4.78, 5) is 15.6. The lowest BCUT2D eigenvalue weighted by Crippen LogP contribution is -2.63. The summed E-state index contributed by atoms with van der Waals surface area (Å²) in [7, 11) is 0. The molecule has 5 heteroatoms. The first kappa shape index (κ1) is 19.6. The summed E-state index contributed by atoms with van der Waals surface area (Å²) in [5.74, 6) is 0.247. The highest BCUT2D eigenvalue weighted by molar-refractivity contribution is 5.79. The maximum absolute atomic E-state index is 13.5. The van der Waals surface area contributed by atoms with Crippen LogP contribution in [0.4, 0.5) is 4.39 Å². The number of piperidine rings is 1. The predicted molar refractivity (Wildman–Crippen MR) is 114 cm³/mol. The lowest BCUT2D eigenvalue weighted by atomic mass is 9.64. The van der Waals surface area contributed by atoms with Crippen LogP contribution >= 0.6 is 0 Å². The molecule has 30 heavy (non-hydrogen) atoms. The van der Waals surface area contributed by atoms with E-state index >= 15 is 0 Å². The summed E-state index contributed by atoms with van der Waals surface area (Å²) in [6, 6.07) is 17.5. The van der Waals surface area contributed by atoms with Crippen LogP contribution < -0.4 is 10.1 Å². The van der Waals surface area contributed by atoms with E-state index in [1.54, 1.807) is 12.1 Å². The average Bonchev–Trinajstić information content (AvgIpc) is 3.10. The number of rotatable bonds is 5. The Bertz CT molecular complexity index is 903. The van der Waals surface area contributed by atoms with Gasteiger partial charge in [0.2, 0.25) is 0 Å². The van der Waals surface area contributed by atoms with Crippen LogP contribution in [0.1, 0.15) is 38.2 Å². The van der Waals surface area contributed by atoms with Gasteiger partial charge >= 0.3 is 0 Å². The van der Waals surface area contributed by atoms with Crippen molar-refractivity contribution < 1.29 is 13.9 Å². The van der Waals surface area contributed by atoms with Crippen molar-refractivity contribution in [1.82, 2.24) is 10.2 Å². The number of likely N-dealkylation sites (tertiary alicyclic amines) is 1. The highest BCUT2D eigenvalue weighted by Gasteiger charge is 2.60. The van der Waals surface area contributed by atoms with Crippen LogP contribution in [0.3, 0.4) is 0 Å². The van der Waals surface area contributed by atoms with E-state index in [-0.39, 0.29) is 35.8 Å². The largest absolute Gasteiger partial charge is 0.484 e. The molecule has 2 bridgehead atoms. The van der Waals surface area contributed by atoms with Crippen LogP contribution in [-0.2, 0) is 11.2 Å². The molecular formula is C25H29FN2O2. The van der Waals surface area contributed by atoms with Gasteiger partial charge in [0.05, 0.1) is 6.04 Å². The van der Waals surface area contributed by atoms with Crippen molar-refractivity contribution in [3.63, 3.8) is 0 Å². The van der Waals surface area contributed by atoms with E-state index in [0.717, 1.165) is 25.7 Å². The number of carbonyl (C=O) groups excluding carboxylic acids is 1. The molecule has 2 aromatic rings. The Hall–Kier alpha value is -2.40. The van der Waals surface area contributed by atoms with E-state index in [4.69, 9.17) is 4.74 Å². The molecule has 3 aliphatic rings. The maximum Gasteiger partial charge on any atom is 0.261 e. The number of nitrogens with zero attached hydrogens (tertiary/aromatic N) is 1. The summed E-state index contributed by atoms with van der Waals surface area (Å²) >= 11 is 0. The van der Waals surface area contributed by atoms with Crippen molar-refractivity contribution in [3.8, 4) is 5.75 Å². The molecule has 0 unspecified atom stereocenters. The van der Waals surface area contributed by atoms with Gasteiger partial charge in [-0.05, 0) is 61.9 Å². The third kappa shape index (κ3) is 3.39. The second kappa shape index (κ2) is 7.69. The predicted octanol–water partition coefficient (Wildman–Crippen LogP) is 3.95. The molecule has 1 N–H and O–H groups in total. The van der Waals surface area contributed by atoms with Crippen molar-refractivity contribution >= 4 is 5.91 Å². The molecule has 0 radical (unpaired) electrons. The van der Waals surface area contributed by atoms with Gasteiger partial charge in [-0.25, -0.2) is 4.39 Å². The Morgan fingerprint density at radius 2 is 1.93 bits per heavy atom. The first-order chi connectivity index (χ1) is 14.5. The first-order valence-electron chi connectivity index (χ1n) is 11.0. The smallest absolute Gasteiger partial charge is 0.261 e. The lowest BCUT2D eigenvalue weighted by Gasteiger charge is -2.53. The topological polar surface area (TPSA) is 41.6 Å². The maximum atomic E-state index is 13.5. The number of nitrogens with one attached hydrogen (secondary N) is 1. The Labute approximate surface area is 177 Å². The van der Waals surface area contributed by atoms with Gasteiger partial charge in [0.25, 0.3) is 5.91 Å². The average molecular weight is 409 g/mol. The molecule has 2 aromatic carbocycles. The minimum Gasteiger partial charge on any atom is -0.484 e. The van der Waals surface area contributed by atoms with Gasteiger partial charge in [0.15, 0.2) is 6.61 Å². The Morgan fingerprint density at radius 1 is 1.17 bits per heavy atom. The molecule has 1 amide bonds. The number of halogens is 1. The van der Waals surface area contributed by atoms with Crippen LogP contribution in [0, 0.1) is 11.2 Å². The number of ether oxygens (including phenoxy) is 1. The molecule has 2 aliphatic heterocycles. The second-order valence-electron chi connectivity index (χ2n) is 9.28. The van der Waals surface area contributed by atoms with E-state index in [0.29, 0.717) is 17.8 Å². The fraction of sp³-hybridized carbons (Fsp3) is 0.480. The summed E-state index contributed by atoms with van der Waals surface area (Å²) in [5.41, 5.74) is 1.38. The molecule has 1 saturated carbocycles. The fourth-order valence-electron chi connectivity index (χ4n) is 6.08. The zero-order valence-electron chi connectivity index (χ0n) is 17.4. The Morgan fingerprint density at radius 3 is 2.70 bits per heavy atom. The lowest BCUT2D eigenvalue weighted by molar-refractivity contribution is -0.146. The summed E-state index contributed by atoms with van der Waals surface area (Å²) in [6.45, 7) is 2.34. The molecular weight excluding hydrogens is 379 g/mol. The second-order valence-corrected chi connectivity index (χ2v) is 9.28. The molecule has 0 spiro atoms. The van der Waals surface area contributed by atoms with E-state index in [9.17, 15) is 9.18 Å². The highest BCUT2D eigenvalue weighted by atomic mass is 19.1. The molecule has 1 aliphatic carbocycles. The number of benzene rings is 2. The quantitative estimate of drug-likeness (QED) is 0.815. The zero-order valence-corrected chi connectivity index (χ0v) is 17.4. The van der Waals surface area contributed by atoms with Crippen molar-refractivity contribution in [2.45, 2.75) is 63.2 Å². The normalized spacial score (nSPS) is 32.1. The number of hydrogen-bond donors (Lipinski definition) is 1.